The molecule has 0 aromatic carbocycles. The number of rotatable bonds is 2. The molecule has 1 aromatic heterocycles. The SMILES string of the molecule is CN(c1nsnc1Cl)C1CCSC1. The molecule has 72 valence electrons. The third-order valence-corrected chi connectivity index (χ3v) is 4.24. The third kappa shape index (κ3) is 1.92. The summed E-state index contributed by atoms with van der Waals surface area (Å²) in [5, 5.41) is 0.532. The van der Waals surface area contributed by atoms with Crippen LogP contribution in [0.3, 0.4) is 0 Å². The fraction of sp³-hybridized carbons (Fsp3) is 0.714. The lowest BCUT2D eigenvalue weighted by atomic mass is 10.2. The maximum atomic E-state index is 5.90. The molecule has 2 rings (SSSR count). The van der Waals surface area contributed by atoms with Crippen molar-refractivity contribution in [2.24, 2.45) is 0 Å². The van der Waals surface area contributed by atoms with Gasteiger partial charge < -0.3 is 4.90 Å². The van der Waals surface area contributed by atoms with Crippen molar-refractivity contribution in [3.8, 4) is 0 Å². The summed E-state index contributed by atoms with van der Waals surface area (Å²) in [6.45, 7) is 0. The van der Waals surface area contributed by atoms with Crippen LogP contribution in [0.2, 0.25) is 5.15 Å². The molecular formula is C7H10ClN3S2. The molecule has 0 bridgehead atoms. The van der Waals surface area contributed by atoms with E-state index in [0.717, 1.165) is 5.82 Å². The van der Waals surface area contributed by atoms with Gasteiger partial charge in [0.1, 0.15) is 0 Å². The molecule has 0 amide bonds. The van der Waals surface area contributed by atoms with Gasteiger partial charge in [-0.25, -0.2) is 0 Å². The Kier molecular flexibility index (Phi) is 2.96. The van der Waals surface area contributed by atoms with Crippen LogP contribution in [0.1, 0.15) is 6.42 Å². The van der Waals surface area contributed by atoms with Gasteiger partial charge in [0.25, 0.3) is 0 Å². The predicted octanol–water partition coefficient (Wildman–Crippen LogP) is 2.13. The summed E-state index contributed by atoms with van der Waals surface area (Å²) in [4.78, 5) is 2.14. The molecule has 0 saturated carbocycles. The van der Waals surface area contributed by atoms with Crippen molar-refractivity contribution in [3.63, 3.8) is 0 Å². The van der Waals surface area contributed by atoms with Gasteiger partial charge in [-0.05, 0) is 12.2 Å². The molecule has 6 heteroatoms. The van der Waals surface area contributed by atoms with Crippen molar-refractivity contribution >= 4 is 40.9 Å². The Hall–Kier alpha value is -0.0000000000000000555. The summed E-state index contributed by atoms with van der Waals surface area (Å²) in [5.74, 6) is 3.24. The molecule has 1 aliphatic heterocycles. The average molecular weight is 236 g/mol. The number of halogens is 1. The Morgan fingerprint density at radius 3 is 2.92 bits per heavy atom. The predicted molar refractivity (Wildman–Crippen MR) is 59.1 cm³/mol. The summed E-state index contributed by atoms with van der Waals surface area (Å²) < 4.78 is 8.13. The Labute approximate surface area is 90.8 Å². The molecule has 0 spiro atoms. The highest BCUT2D eigenvalue weighted by Gasteiger charge is 2.23. The molecule has 1 saturated heterocycles. The molecule has 1 aromatic rings. The van der Waals surface area contributed by atoms with E-state index in [1.54, 1.807) is 0 Å². The molecule has 0 aliphatic carbocycles. The van der Waals surface area contributed by atoms with Crippen molar-refractivity contribution in [1.29, 1.82) is 0 Å². The number of hydrogen-bond donors (Lipinski definition) is 0. The molecule has 1 aliphatic rings. The molecular weight excluding hydrogens is 226 g/mol. The molecule has 1 unspecified atom stereocenters. The van der Waals surface area contributed by atoms with Gasteiger partial charge in [-0.2, -0.15) is 20.5 Å². The number of aromatic nitrogens is 2. The van der Waals surface area contributed by atoms with Crippen LogP contribution in [0.15, 0.2) is 0 Å². The van der Waals surface area contributed by atoms with Gasteiger partial charge in [0.15, 0.2) is 11.0 Å². The van der Waals surface area contributed by atoms with Gasteiger partial charge >= 0.3 is 0 Å². The Bertz CT molecular complexity index is 285. The fourth-order valence-electron chi connectivity index (χ4n) is 1.38. The standard InChI is InChI=1S/C7H10ClN3S2/c1-11(5-2-3-12-4-5)7-6(8)9-13-10-7/h5H,2-4H2,1H3. The zero-order valence-corrected chi connectivity index (χ0v) is 9.62. The maximum Gasteiger partial charge on any atom is 0.187 e. The van der Waals surface area contributed by atoms with Crippen LogP contribution in [0.4, 0.5) is 5.82 Å². The highest BCUT2D eigenvalue weighted by atomic mass is 35.5. The van der Waals surface area contributed by atoms with Crippen LogP contribution in [-0.4, -0.2) is 33.3 Å². The zero-order valence-electron chi connectivity index (χ0n) is 7.23. The Morgan fingerprint density at radius 2 is 2.38 bits per heavy atom. The van der Waals surface area contributed by atoms with E-state index in [1.807, 2.05) is 18.8 Å². The highest BCUT2D eigenvalue weighted by molar-refractivity contribution is 7.99. The first-order chi connectivity index (χ1) is 6.29. The van der Waals surface area contributed by atoms with Crippen molar-refractivity contribution in [3.05, 3.63) is 5.15 Å². The summed E-state index contributed by atoms with van der Waals surface area (Å²) in [6, 6.07) is 0.575. The first kappa shape index (κ1) is 9.55. The van der Waals surface area contributed by atoms with Crippen LogP contribution in [0.5, 0.6) is 0 Å². The monoisotopic (exact) mass is 235 g/mol. The van der Waals surface area contributed by atoms with Gasteiger partial charge in [-0.1, -0.05) is 11.6 Å². The topological polar surface area (TPSA) is 29.0 Å². The molecule has 1 fully saturated rings. The van der Waals surface area contributed by atoms with Gasteiger partial charge in [0.2, 0.25) is 0 Å². The van der Waals surface area contributed by atoms with Crippen LogP contribution in [0, 0.1) is 0 Å². The number of nitrogens with zero attached hydrogens (tertiary/aromatic N) is 3. The second-order valence-corrected chi connectivity index (χ2v) is 5.04. The lowest BCUT2D eigenvalue weighted by Gasteiger charge is -2.22. The number of hydrogen-bond acceptors (Lipinski definition) is 5. The quantitative estimate of drug-likeness (QED) is 0.786. The van der Waals surface area contributed by atoms with Crippen LogP contribution >= 0.6 is 35.1 Å². The lowest BCUT2D eigenvalue weighted by molar-refractivity contribution is 0.694. The van der Waals surface area contributed by atoms with E-state index in [4.69, 9.17) is 11.6 Å². The molecule has 0 N–H and O–H groups in total. The second-order valence-electron chi connectivity index (χ2n) is 3.01. The smallest absolute Gasteiger partial charge is 0.187 e. The molecule has 1 atom stereocenters. The molecule has 3 nitrogen and oxygen atoms in total. The van der Waals surface area contributed by atoms with E-state index >= 15 is 0 Å². The fourth-order valence-corrected chi connectivity index (χ4v) is 3.46. The van der Waals surface area contributed by atoms with E-state index in [-0.39, 0.29) is 0 Å². The van der Waals surface area contributed by atoms with Crippen molar-refractivity contribution in [1.82, 2.24) is 8.75 Å². The van der Waals surface area contributed by atoms with Crippen LogP contribution in [0.25, 0.3) is 0 Å². The zero-order chi connectivity index (χ0) is 9.26. The second kappa shape index (κ2) is 4.02. The number of anilines is 1. The minimum absolute atomic E-state index is 0.532. The first-order valence-electron chi connectivity index (χ1n) is 4.07. The van der Waals surface area contributed by atoms with E-state index in [0.29, 0.717) is 11.2 Å². The van der Waals surface area contributed by atoms with E-state index in [9.17, 15) is 0 Å². The minimum Gasteiger partial charge on any atom is -0.352 e. The average Bonchev–Trinajstić information content (AvgIpc) is 2.72. The maximum absolute atomic E-state index is 5.90. The normalized spacial score (nSPS) is 22.2. The van der Waals surface area contributed by atoms with E-state index in [1.165, 1.54) is 29.7 Å². The van der Waals surface area contributed by atoms with Gasteiger partial charge in [0, 0.05) is 18.8 Å². The summed E-state index contributed by atoms with van der Waals surface area (Å²) in [6.07, 6.45) is 1.22. The van der Waals surface area contributed by atoms with Crippen molar-refractivity contribution < 1.29 is 0 Å². The molecule has 13 heavy (non-hydrogen) atoms. The summed E-state index contributed by atoms with van der Waals surface area (Å²) in [5.41, 5.74) is 0. The Balaban J connectivity index is 2.12. The Morgan fingerprint density at radius 1 is 1.54 bits per heavy atom. The largest absolute Gasteiger partial charge is 0.352 e. The van der Waals surface area contributed by atoms with E-state index < -0.39 is 0 Å². The first-order valence-corrected chi connectivity index (χ1v) is 6.34. The van der Waals surface area contributed by atoms with Gasteiger partial charge in [-0.15, -0.1) is 0 Å². The van der Waals surface area contributed by atoms with Gasteiger partial charge in [0.05, 0.1) is 11.7 Å². The molecule has 2 heterocycles. The van der Waals surface area contributed by atoms with E-state index in [2.05, 4.69) is 13.6 Å². The summed E-state index contributed by atoms with van der Waals surface area (Å²) in [7, 11) is 2.04. The van der Waals surface area contributed by atoms with Crippen LogP contribution in [-0.2, 0) is 0 Å². The number of thioether (sulfide) groups is 1. The third-order valence-electron chi connectivity index (χ3n) is 2.22. The molecule has 0 radical (unpaired) electrons. The van der Waals surface area contributed by atoms with Gasteiger partial charge in [-0.3, -0.25) is 0 Å². The highest BCUT2D eigenvalue weighted by Crippen LogP contribution is 2.28. The minimum atomic E-state index is 0.532. The summed E-state index contributed by atoms with van der Waals surface area (Å²) >= 11 is 9.06. The van der Waals surface area contributed by atoms with Crippen molar-refractivity contribution in [2.45, 2.75) is 12.5 Å². The van der Waals surface area contributed by atoms with Crippen molar-refractivity contribution in [2.75, 3.05) is 23.5 Å². The van der Waals surface area contributed by atoms with Crippen LogP contribution < -0.4 is 4.90 Å². The lowest BCUT2D eigenvalue weighted by Crippen LogP contribution is -2.31.